The predicted molar refractivity (Wildman–Crippen MR) is 83.1 cm³/mol. The second-order valence-electron chi connectivity index (χ2n) is 4.97. The van der Waals surface area contributed by atoms with Crippen molar-refractivity contribution >= 4 is 10.1 Å². The SMILES string of the molecule is CCCCN(CCCC)CCCC.COS(=O)(=O)C(F)(F)F. The van der Waals surface area contributed by atoms with Gasteiger partial charge in [0.2, 0.25) is 0 Å². The molecule has 22 heavy (non-hydrogen) atoms. The monoisotopic (exact) mass is 349 g/mol. The molecular formula is C14H30F3NO3S. The van der Waals surface area contributed by atoms with E-state index in [1.165, 1.54) is 58.2 Å². The third kappa shape index (κ3) is 12.2. The van der Waals surface area contributed by atoms with Crippen LogP contribution >= 0.6 is 0 Å². The smallest absolute Gasteiger partial charge is 0.303 e. The van der Waals surface area contributed by atoms with Crippen molar-refractivity contribution in [1.29, 1.82) is 0 Å². The Morgan fingerprint density at radius 1 is 0.864 bits per heavy atom. The Hall–Kier alpha value is -0.340. The minimum Gasteiger partial charge on any atom is -0.303 e. The molecule has 0 aromatic carbocycles. The summed E-state index contributed by atoms with van der Waals surface area (Å²) in [6.45, 7) is 10.8. The van der Waals surface area contributed by atoms with Crippen LogP contribution in [-0.2, 0) is 14.3 Å². The number of alkyl halides is 3. The highest BCUT2D eigenvalue weighted by atomic mass is 32.2. The first-order valence-electron chi connectivity index (χ1n) is 7.75. The Balaban J connectivity index is 0. The molecule has 0 spiro atoms. The molecule has 136 valence electrons. The summed E-state index contributed by atoms with van der Waals surface area (Å²) in [5.74, 6) is 0. The van der Waals surface area contributed by atoms with Crippen LogP contribution in [0.4, 0.5) is 13.2 Å². The fourth-order valence-corrected chi connectivity index (χ4v) is 1.76. The summed E-state index contributed by atoms with van der Waals surface area (Å²) in [5, 5.41) is 0. The topological polar surface area (TPSA) is 46.6 Å². The van der Waals surface area contributed by atoms with Crippen molar-refractivity contribution in [1.82, 2.24) is 4.90 Å². The zero-order chi connectivity index (χ0) is 17.6. The molecule has 0 aliphatic carbocycles. The highest BCUT2D eigenvalue weighted by Gasteiger charge is 2.46. The molecule has 8 heteroatoms. The van der Waals surface area contributed by atoms with E-state index in [2.05, 4.69) is 29.9 Å². The molecule has 0 aliphatic heterocycles. The van der Waals surface area contributed by atoms with E-state index in [-0.39, 0.29) is 0 Å². The Bertz CT molecular complexity index is 327. The zero-order valence-corrected chi connectivity index (χ0v) is 14.9. The summed E-state index contributed by atoms with van der Waals surface area (Å²) in [4.78, 5) is 2.64. The van der Waals surface area contributed by atoms with Gasteiger partial charge < -0.3 is 4.90 Å². The number of hydrogen-bond donors (Lipinski definition) is 0. The molecular weight excluding hydrogens is 319 g/mol. The van der Waals surface area contributed by atoms with Crippen molar-refractivity contribution in [3.05, 3.63) is 0 Å². The van der Waals surface area contributed by atoms with Gasteiger partial charge >= 0.3 is 15.6 Å². The van der Waals surface area contributed by atoms with Gasteiger partial charge in [0.15, 0.2) is 0 Å². The number of nitrogens with zero attached hydrogens (tertiary/aromatic N) is 1. The molecule has 0 radical (unpaired) electrons. The molecule has 4 nitrogen and oxygen atoms in total. The second-order valence-corrected chi connectivity index (χ2v) is 6.67. The van der Waals surface area contributed by atoms with Gasteiger partial charge in [-0.3, -0.25) is 4.18 Å². The molecule has 0 unspecified atom stereocenters. The Labute approximate surface area is 133 Å². The number of rotatable bonds is 10. The molecule has 0 aromatic rings. The molecule has 0 rings (SSSR count). The van der Waals surface area contributed by atoms with Gasteiger partial charge in [-0.05, 0) is 38.9 Å². The van der Waals surface area contributed by atoms with Crippen molar-refractivity contribution in [3.8, 4) is 0 Å². The van der Waals surface area contributed by atoms with Crippen LogP contribution in [0.2, 0.25) is 0 Å². The highest BCUT2D eigenvalue weighted by Crippen LogP contribution is 2.23. The predicted octanol–water partition coefficient (Wildman–Crippen LogP) is 4.17. The first kappa shape index (κ1) is 23.9. The summed E-state index contributed by atoms with van der Waals surface area (Å²) in [6, 6.07) is 0. The van der Waals surface area contributed by atoms with E-state index in [0.29, 0.717) is 7.11 Å². The van der Waals surface area contributed by atoms with Crippen LogP contribution in [-0.4, -0.2) is 45.6 Å². The normalized spacial score (nSPS) is 12.2. The van der Waals surface area contributed by atoms with Gasteiger partial charge in [-0.25, -0.2) is 0 Å². The maximum Gasteiger partial charge on any atom is 0.523 e. The van der Waals surface area contributed by atoms with Crippen LogP contribution < -0.4 is 0 Å². The highest BCUT2D eigenvalue weighted by molar-refractivity contribution is 7.87. The minimum atomic E-state index is -5.34. The Morgan fingerprint density at radius 3 is 1.32 bits per heavy atom. The molecule has 0 amide bonds. The summed E-state index contributed by atoms with van der Waals surface area (Å²) < 4.78 is 55.9. The van der Waals surface area contributed by atoms with E-state index < -0.39 is 15.6 Å². The van der Waals surface area contributed by atoms with Crippen molar-refractivity contribution < 1.29 is 25.8 Å². The van der Waals surface area contributed by atoms with Crippen LogP contribution in [0.25, 0.3) is 0 Å². The lowest BCUT2D eigenvalue weighted by atomic mass is 10.2. The van der Waals surface area contributed by atoms with Crippen molar-refractivity contribution in [2.45, 2.75) is 64.8 Å². The van der Waals surface area contributed by atoms with Gasteiger partial charge in [0, 0.05) is 0 Å². The third-order valence-electron chi connectivity index (χ3n) is 2.99. The average Bonchev–Trinajstić information content (AvgIpc) is 2.46. The van der Waals surface area contributed by atoms with E-state index in [1.807, 2.05) is 0 Å². The van der Waals surface area contributed by atoms with Crippen LogP contribution in [0.5, 0.6) is 0 Å². The van der Waals surface area contributed by atoms with Gasteiger partial charge in [0.25, 0.3) is 0 Å². The van der Waals surface area contributed by atoms with E-state index in [1.54, 1.807) is 0 Å². The lowest BCUT2D eigenvalue weighted by Gasteiger charge is -2.21. The standard InChI is InChI=1S/C12H27N.C2H3F3O3S/c1-4-7-10-13(11-8-5-2)12-9-6-3;1-8-9(6,7)2(3,4)5/h4-12H2,1-3H3;1H3. The number of unbranched alkanes of at least 4 members (excludes halogenated alkanes) is 3. The molecule has 0 bridgehead atoms. The molecule has 0 aromatic heterocycles. The number of halogens is 3. The number of hydrogen-bond acceptors (Lipinski definition) is 4. The zero-order valence-electron chi connectivity index (χ0n) is 14.1. The van der Waals surface area contributed by atoms with E-state index in [4.69, 9.17) is 0 Å². The average molecular weight is 349 g/mol. The largest absolute Gasteiger partial charge is 0.523 e. The van der Waals surface area contributed by atoms with Gasteiger partial charge in [0.1, 0.15) is 0 Å². The fourth-order valence-electron chi connectivity index (χ4n) is 1.58. The summed E-state index contributed by atoms with van der Waals surface area (Å²) in [7, 11) is -4.89. The van der Waals surface area contributed by atoms with E-state index >= 15 is 0 Å². The quantitative estimate of drug-likeness (QED) is 0.439. The molecule has 0 atom stereocenters. The molecule has 0 N–H and O–H groups in total. The fraction of sp³-hybridized carbons (Fsp3) is 1.00. The lowest BCUT2D eigenvalue weighted by Crippen LogP contribution is -2.27. The van der Waals surface area contributed by atoms with Crippen LogP contribution in [0.3, 0.4) is 0 Å². The maximum atomic E-state index is 11.1. The molecule has 0 aliphatic rings. The Kier molecular flexibility index (Phi) is 14.3. The summed E-state index contributed by atoms with van der Waals surface area (Å²) >= 11 is 0. The van der Waals surface area contributed by atoms with Gasteiger partial charge in [-0.15, -0.1) is 0 Å². The molecule has 0 saturated carbocycles. The molecule has 0 heterocycles. The van der Waals surface area contributed by atoms with E-state index in [9.17, 15) is 21.6 Å². The molecule has 0 fully saturated rings. The van der Waals surface area contributed by atoms with Gasteiger partial charge in [-0.2, -0.15) is 21.6 Å². The maximum absolute atomic E-state index is 11.1. The van der Waals surface area contributed by atoms with Gasteiger partial charge in [-0.1, -0.05) is 40.0 Å². The van der Waals surface area contributed by atoms with Crippen LogP contribution in [0, 0.1) is 0 Å². The molecule has 0 saturated heterocycles. The Morgan fingerprint density at radius 2 is 1.18 bits per heavy atom. The summed E-state index contributed by atoms with van der Waals surface area (Å²) in [6.07, 6.45) is 8.09. The minimum absolute atomic E-state index is 0.447. The third-order valence-corrected chi connectivity index (χ3v) is 3.99. The lowest BCUT2D eigenvalue weighted by molar-refractivity contribution is -0.0526. The summed E-state index contributed by atoms with van der Waals surface area (Å²) in [5.41, 5.74) is -5.30. The second kappa shape index (κ2) is 13.1. The van der Waals surface area contributed by atoms with Crippen molar-refractivity contribution in [2.75, 3.05) is 26.7 Å². The van der Waals surface area contributed by atoms with E-state index in [0.717, 1.165) is 0 Å². The van der Waals surface area contributed by atoms with Crippen molar-refractivity contribution in [3.63, 3.8) is 0 Å². The first-order chi connectivity index (χ1) is 10.2. The first-order valence-corrected chi connectivity index (χ1v) is 9.16. The van der Waals surface area contributed by atoms with Crippen molar-refractivity contribution in [2.24, 2.45) is 0 Å². The van der Waals surface area contributed by atoms with Crippen LogP contribution in [0.1, 0.15) is 59.3 Å². The van der Waals surface area contributed by atoms with Gasteiger partial charge in [0.05, 0.1) is 7.11 Å². The van der Waals surface area contributed by atoms with Crippen LogP contribution in [0.15, 0.2) is 0 Å².